The summed E-state index contributed by atoms with van der Waals surface area (Å²) >= 11 is 0. The fraction of sp³-hybridized carbons (Fsp3) is 0.444. The Hall–Kier alpha value is -2.14. The first-order chi connectivity index (χ1) is 11.1. The molecule has 0 spiro atoms. The summed E-state index contributed by atoms with van der Waals surface area (Å²) < 4.78 is 5.26. The number of nitrogens with zero attached hydrogens (tertiary/aromatic N) is 2. The smallest absolute Gasteiger partial charge is 0.231 e. The minimum Gasteiger partial charge on any atom is -0.384 e. The zero-order valence-electron chi connectivity index (χ0n) is 13.7. The van der Waals surface area contributed by atoms with Crippen LogP contribution in [0.3, 0.4) is 0 Å². The van der Waals surface area contributed by atoms with Crippen molar-refractivity contribution in [1.82, 2.24) is 15.1 Å². The van der Waals surface area contributed by atoms with Gasteiger partial charge in [-0.25, -0.2) is 0 Å². The summed E-state index contributed by atoms with van der Waals surface area (Å²) in [7, 11) is 3.51. The molecule has 0 aliphatic heterocycles. The number of hydrogen-bond acceptors (Lipinski definition) is 3. The summed E-state index contributed by atoms with van der Waals surface area (Å²) in [5, 5.41) is 7.38. The first kappa shape index (κ1) is 15.7. The van der Waals surface area contributed by atoms with Gasteiger partial charge in [0.1, 0.15) is 0 Å². The Labute approximate surface area is 136 Å². The number of carbonyl (C=O) groups is 1. The molecule has 1 amide bonds. The first-order valence-corrected chi connectivity index (χ1v) is 7.99. The lowest BCUT2D eigenvalue weighted by molar-refractivity contribution is -0.151. The number of H-pyrrole nitrogens is 1. The molecular weight excluding hydrogens is 290 g/mol. The summed E-state index contributed by atoms with van der Waals surface area (Å²) in [5.41, 5.74) is 2.59. The molecule has 1 aliphatic rings. The second-order valence-corrected chi connectivity index (χ2v) is 6.37. The number of nitrogens with one attached hydrogen (secondary N) is 1. The molecule has 0 bridgehead atoms. The van der Waals surface area contributed by atoms with Crippen LogP contribution in [0.4, 0.5) is 0 Å². The summed E-state index contributed by atoms with van der Waals surface area (Å²) in [6.07, 6.45) is 2.94. The molecule has 1 aromatic heterocycles. The van der Waals surface area contributed by atoms with Gasteiger partial charge in [-0.05, 0) is 18.9 Å². The number of amides is 1. The Morgan fingerprint density at radius 1 is 1.35 bits per heavy atom. The maximum absolute atomic E-state index is 12.7. The zero-order valence-corrected chi connectivity index (χ0v) is 13.7. The standard InChI is InChI=1S/C18H23N3O2/c1-21(17(22)18(13-23-2)9-6-10-18)12-15-11-16(20-19-15)14-7-4-3-5-8-14/h3-5,7-8,11H,6,9-10,12-13H2,1-2H3,(H,19,20). The molecule has 2 aromatic rings. The fourth-order valence-corrected chi connectivity index (χ4v) is 3.23. The second-order valence-electron chi connectivity index (χ2n) is 6.37. The van der Waals surface area contributed by atoms with Gasteiger partial charge in [-0.1, -0.05) is 36.8 Å². The van der Waals surface area contributed by atoms with E-state index >= 15 is 0 Å². The highest BCUT2D eigenvalue weighted by molar-refractivity contribution is 5.83. The van der Waals surface area contributed by atoms with Crippen molar-refractivity contribution < 1.29 is 9.53 Å². The molecule has 122 valence electrons. The van der Waals surface area contributed by atoms with Crippen molar-refractivity contribution in [3.05, 3.63) is 42.1 Å². The van der Waals surface area contributed by atoms with Crippen molar-refractivity contribution in [2.75, 3.05) is 20.8 Å². The lowest BCUT2D eigenvalue weighted by Gasteiger charge is -2.42. The molecule has 5 nitrogen and oxygen atoms in total. The number of rotatable bonds is 6. The maximum Gasteiger partial charge on any atom is 0.231 e. The molecule has 1 saturated carbocycles. The van der Waals surface area contributed by atoms with Crippen LogP contribution in [-0.4, -0.2) is 41.8 Å². The molecule has 1 fully saturated rings. The van der Waals surface area contributed by atoms with Gasteiger partial charge in [0.05, 0.1) is 30.0 Å². The van der Waals surface area contributed by atoms with Crippen LogP contribution in [0.1, 0.15) is 25.0 Å². The van der Waals surface area contributed by atoms with Gasteiger partial charge in [0.2, 0.25) is 5.91 Å². The largest absolute Gasteiger partial charge is 0.384 e. The van der Waals surface area contributed by atoms with Gasteiger partial charge in [0.25, 0.3) is 0 Å². The Morgan fingerprint density at radius 3 is 2.70 bits per heavy atom. The molecule has 0 unspecified atom stereocenters. The van der Waals surface area contributed by atoms with Crippen molar-refractivity contribution in [2.24, 2.45) is 5.41 Å². The summed E-state index contributed by atoms with van der Waals surface area (Å²) in [4.78, 5) is 14.5. The number of ether oxygens (including phenoxy) is 1. The van der Waals surface area contributed by atoms with Crippen LogP contribution in [-0.2, 0) is 16.1 Å². The predicted molar refractivity (Wildman–Crippen MR) is 88.7 cm³/mol. The highest BCUT2D eigenvalue weighted by Gasteiger charge is 2.45. The summed E-state index contributed by atoms with van der Waals surface area (Å²) in [6.45, 7) is 1.04. The number of aromatic nitrogens is 2. The van der Waals surface area contributed by atoms with Crippen LogP contribution >= 0.6 is 0 Å². The van der Waals surface area contributed by atoms with Crippen LogP contribution in [0.25, 0.3) is 11.3 Å². The van der Waals surface area contributed by atoms with E-state index in [2.05, 4.69) is 10.2 Å². The van der Waals surface area contributed by atoms with Crippen LogP contribution in [0, 0.1) is 5.41 Å². The van der Waals surface area contributed by atoms with Crippen LogP contribution < -0.4 is 0 Å². The molecule has 0 atom stereocenters. The highest BCUT2D eigenvalue weighted by atomic mass is 16.5. The molecule has 5 heteroatoms. The average Bonchev–Trinajstić information content (AvgIpc) is 2.99. The van der Waals surface area contributed by atoms with Crippen molar-refractivity contribution in [3.63, 3.8) is 0 Å². The average molecular weight is 313 g/mol. The topological polar surface area (TPSA) is 58.2 Å². The molecule has 1 aliphatic carbocycles. The highest BCUT2D eigenvalue weighted by Crippen LogP contribution is 2.42. The van der Waals surface area contributed by atoms with E-state index in [1.165, 1.54) is 0 Å². The van der Waals surface area contributed by atoms with Crippen molar-refractivity contribution >= 4 is 5.91 Å². The minimum absolute atomic E-state index is 0.168. The summed E-state index contributed by atoms with van der Waals surface area (Å²) in [5.74, 6) is 0.168. The first-order valence-electron chi connectivity index (χ1n) is 7.99. The molecule has 0 radical (unpaired) electrons. The molecule has 23 heavy (non-hydrogen) atoms. The molecule has 3 rings (SSSR count). The van der Waals surface area contributed by atoms with E-state index in [1.54, 1.807) is 12.0 Å². The summed E-state index contributed by atoms with van der Waals surface area (Å²) in [6, 6.07) is 12.0. The van der Waals surface area contributed by atoms with Gasteiger partial charge < -0.3 is 9.64 Å². The van der Waals surface area contributed by atoms with Crippen molar-refractivity contribution in [1.29, 1.82) is 0 Å². The van der Waals surface area contributed by atoms with Crippen molar-refractivity contribution in [2.45, 2.75) is 25.8 Å². The zero-order chi connectivity index (χ0) is 16.3. The van der Waals surface area contributed by atoms with E-state index in [0.717, 1.165) is 36.2 Å². The quantitative estimate of drug-likeness (QED) is 0.892. The number of benzene rings is 1. The Bertz CT molecular complexity index is 662. The Morgan fingerprint density at radius 2 is 2.09 bits per heavy atom. The van der Waals surface area contributed by atoms with Crippen LogP contribution in [0.2, 0.25) is 0 Å². The van der Waals surface area contributed by atoms with Gasteiger partial charge in [0, 0.05) is 19.7 Å². The lowest BCUT2D eigenvalue weighted by atomic mass is 9.68. The predicted octanol–water partition coefficient (Wildman–Crippen LogP) is 2.85. The number of carbonyl (C=O) groups excluding carboxylic acids is 1. The second kappa shape index (κ2) is 6.54. The van der Waals surface area contributed by atoms with Gasteiger partial charge in [-0.3, -0.25) is 9.89 Å². The van der Waals surface area contributed by atoms with E-state index in [1.807, 2.05) is 43.4 Å². The Kier molecular flexibility index (Phi) is 4.48. The van der Waals surface area contributed by atoms with E-state index in [4.69, 9.17) is 4.74 Å². The SMILES string of the molecule is COCC1(C(=O)N(C)Cc2cc(-c3ccccc3)n[nH]2)CCC1. The van der Waals surface area contributed by atoms with Crippen LogP contribution in [0.15, 0.2) is 36.4 Å². The maximum atomic E-state index is 12.7. The Balaban J connectivity index is 1.67. The third-order valence-corrected chi connectivity index (χ3v) is 4.64. The molecule has 1 heterocycles. The molecule has 0 saturated heterocycles. The number of methoxy groups -OCH3 is 1. The lowest BCUT2D eigenvalue weighted by Crippen LogP contribution is -2.49. The third kappa shape index (κ3) is 3.15. The number of aromatic amines is 1. The van der Waals surface area contributed by atoms with Gasteiger partial charge in [0.15, 0.2) is 0 Å². The van der Waals surface area contributed by atoms with Gasteiger partial charge in [-0.2, -0.15) is 5.10 Å². The monoisotopic (exact) mass is 313 g/mol. The normalized spacial score (nSPS) is 15.9. The van der Waals surface area contributed by atoms with E-state index in [0.29, 0.717) is 13.2 Å². The van der Waals surface area contributed by atoms with Crippen LogP contribution in [0.5, 0.6) is 0 Å². The number of hydrogen-bond donors (Lipinski definition) is 1. The van der Waals surface area contributed by atoms with Gasteiger partial charge >= 0.3 is 0 Å². The van der Waals surface area contributed by atoms with E-state index < -0.39 is 0 Å². The molecular formula is C18H23N3O2. The van der Waals surface area contributed by atoms with Crippen molar-refractivity contribution in [3.8, 4) is 11.3 Å². The third-order valence-electron chi connectivity index (χ3n) is 4.64. The van der Waals surface area contributed by atoms with E-state index in [9.17, 15) is 4.79 Å². The van der Waals surface area contributed by atoms with E-state index in [-0.39, 0.29) is 11.3 Å². The van der Waals surface area contributed by atoms with Gasteiger partial charge in [-0.15, -0.1) is 0 Å². The fourth-order valence-electron chi connectivity index (χ4n) is 3.23. The molecule has 1 aromatic carbocycles. The molecule has 1 N–H and O–H groups in total. The minimum atomic E-state index is -0.314.